The van der Waals surface area contributed by atoms with E-state index in [1.54, 1.807) is 23.1 Å². The van der Waals surface area contributed by atoms with Gasteiger partial charge in [-0.1, -0.05) is 46.7 Å². The second-order valence-corrected chi connectivity index (χ2v) is 8.38. The molecule has 3 aromatic rings. The lowest BCUT2D eigenvalue weighted by Crippen LogP contribution is -2.36. The molecule has 3 rings (SSSR count). The van der Waals surface area contributed by atoms with E-state index in [0.29, 0.717) is 27.5 Å². The number of aromatic nitrogens is 1. The van der Waals surface area contributed by atoms with Crippen LogP contribution < -0.4 is 9.64 Å². The van der Waals surface area contributed by atoms with Gasteiger partial charge in [0.2, 0.25) is 0 Å². The van der Waals surface area contributed by atoms with Crippen LogP contribution in [-0.4, -0.2) is 49.6 Å². The maximum Gasteiger partial charge on any atom is 0.266 e. The van der Waals surface area contributed by atoms with Gasteiger partial charge in [0.05, 0.1) is 15.2 Å². The molecule has 2 aromatic carbocycles. The number of nitrogens with zero attached hydrogens (tertiary/aromatic N) is 3. The summed E-state index contributed by atoms with van der Waals surface area (Å²) in [5, 5.41) is 1.57. The predicted molar refractivity (Wildman–Crippen MR) is 124 cm³/mol. The topological polar surface area (TPSA) is 45.7 Å². The van der Waals surface area contributed by atoms with Crippen molar-refractivity contribution in [2.75, 3.05) is 38.7 Å². The Labute approximate surface area is 190 Å². The third kappa shape index (κ3) is 6.46. The molecule has 0 aliphatic carbocycles. The van der Waals surface area contributed by atoms with E-state index in [9.17, 15) is 4.79 Å². The van der Waals surface area contributed by atoms with Crippen molar-refractivity contribution in [2.45, 2.75) is 6.42 Å². The second kappa shape index (κ2) is 11.0. The summed E-state index contributed by atoms with van der Waals surface area (Å²) in [6, 6.07) is 12.8. The monoisotopic (exact) mass is 473 g/mol. The van der Waals surface area contributed by atoms with Gasteiger partial charge in [-0.2, -0.15) is 0 Å². The predicted octanol–water partition coefficient (Wildman–Crippen LogP) is 5.39. The number of ether oxygens (including phenoxy) is 1. The highest BCUT2D eigenvalue weighted by atomic mass is 35.5. The van der Waals surface area contributed by atoms with E-state index < -0.39 is 0 Å². The fourth-order valence-electron chi connectivity index (χ4n) is 2.66. The number of halogens is 3. The van der Waals surface area contributed by atoms with Crippen LogP contribution in [0.25, 0.3) is 10.2 Å². The number of benzene rings is 2. The van der Waals surface area contributed by atoms with Crippen LogP contribution in [0.4, 0.5) is 5.13 Å². The summed E-state index contributed by atoms with van der Waals surface area (Å²) in [4.78, 5) is 21.3. The van der Waals surface area contributed by atoms with E-state index in [2.05, 4.69) is 9.88 Å². The molecule has 0 unspecified atom stereocenters. The molecule has 0 saturated heterocycles. The number of anilines is 1. The minimum atomic E-state index is -0.163. The van der Waals surface area contributed by atoms with Crippen molar-refractivity contribution in [1.29, 1.82) is 0 Å². The fraction of sp³-hybridized carbons (Fsp3) is 0.300. The Morgan fingerprint density at radius 1 is 1.14 bits per heavy atom. The van der Waals surface area contributed by atoms with Crippen molar-refractivity contribution >= 4 is 68.2 Å². The lowest BCUT2D eigenvalue weighted by Gasteiger charge is -2.21. The van der Waals surface area contributed by atoms with Gasteiger partial charge in [0.15, 0.2) is 11.7 Å². The van der Waals surface area contributed by atoms with Gasteiger partial charge in [0, 0.05) is 11.6 Å². The van der Waals surface area contributed by atoms with Crippen molar-refractivity contribution in [2.24, 2.45) is 0 Å². The van der Waals surface area contributed by atoms with E-state index in [-0.39, 0.29) is 24.9 Å². The molecule has 156 valence electrons. The molecule has 0 fully saturated rings. The van der Waals surface area contributed by atoms with E-state index in [1.807, 2.05) is 38.4 Å². The number of thiazole rings is 1. The van der Waals surface area contributed by atoms with Crippen LogP contribution >= 0.6 is 46.9 Å². The van der Waals surface area contributed by atoms with Gasteiger partial charge < -0.3 is 9.64 Å². The van der Waals surface area contributed by atoms with Gasteiger partial charge in [-0.25, -0.2) is 4.98 Å². The maximum atomic E-state index is 12.9. The van der Waals surface area contributed by atoms with Crippen molar-refractivity contribution < 1.29 is 9.53 Å². The maximum absolute atomic E-state index is 12.9. The normalized spacial score (nSPS) is 10.8. The molecule has 29 heavy (non-hydrogen) atoms. The van der Waals surface area contributed by atoms with Crippen LogP contribution in [0, 0.1) is 0 Å². The lowest BCUT2D eigenvalue weighted by atomic mass is 10.3. The Morgan fingerprint density at radius 3 is 2.59 bits per heavy atom. The number of hydrogen-bond acceptors (Lipinski definition) is 5. The van der Waals surface area contributed by atoms with Gasteiger partial charge in [0.25, 0.3) is 5.91 Å². The Bertz CT molecular complexity index is 932. The largest absolute Gasteiger partial charge is 0.482 e. The van der Waals surface area contributed by atoms with Gasteiger partial charge in [-0.3, -0.25) is 9.69 Å². The smallest absolute Gasteiger partial charge is 0.266 e. The average molecular weight is 475 g/mol. The third-order valence-electron chi connectivity index (χ3n) is 4.05. The van der Waals surface area contributed by atoms with E-state index in [1.165, 1.54) is 11.3 Å². The molecule has 0 bridgehead atoms. The first kappa shape index (κ1) is 23.7. The molecule has 1 heterocycles. The molecule has 0 saturated carbocycles. The van der Waals surface area contributed by atoms with Gasteiger partial charge in [-0.15, -0.1) is 12.4 Å². The average Bonchev–Trinajstić information content (AvgIpc) is 3.07. The van der Waals surface area contributed by atoms with Crippen LogP contribution in [-0.2, 0) is 4.79 Å². The molecule has 0 radical (unpaired) electrons. The van der Waals surface area contributed by atoms with E-state index in [4.69, 9.17) is 27.9 Å². The molecule has 0 aliphatic heterocycles. The zero-order valence-corrected chi connectivity index (χ0v) is 19.2. The summed E-state index contributed by atoms with van der Waals surface area (Å²) in [6.07, 6.45) is 0.830. The summed E-state index contributed by atoms with van der Waals surface area (Å²) in [6.45, 7) is 1.31. The summed E-state index contributed by atoms with van der Waals surface area (Å²) < 4.78 is 6.69. The molecule has 0 spiro atoms. The lowest BCUT2D eigenvalue weighted by molar-refractivity contribution is -0.120. The van der Waals surface area contributed by atoms with E-state index >= 15 is 0 Å². The summed E-state index contributed by atoms with van der Waals surface area (Å²) in [7, 11) is 4.02. The second-order valence-electron chi connectivity index (χ2n) is 6.53. The highest BCUT2D eigenvalue weighted by Gasteiger charge is 2.20. The molecule has 0 N–H and O–H groups in total. The van der Waals surface area contributed by atoms with Crippen LogP contribution in [0.15, 0.2) is 42.5 Å². The number of rotatable bonds is 8. The Morgan fingerprint density at radius 2 is 1.90 bits per heavy atom. The molecular weight excluding hydrogens is 453 g/mol. The van der Waals surface area contributed by atoms with E-state index in [0.717, 1.165) is 23.2 Å². The summed E-state index contributed by atoms with van der Waals surface area (Å²) in [5.41, 5.74) is 0.884. The number of hydrogen-bond donors (Lipinski definition) is 0. The number of amides is 1. The minimum Gasteiger partial charge on any atom is -0.482 e. The Hall–Kier alpha value is -1.57. The summed E-state index contributed by atoms with van der Waals surface area (Å²) >= 11 is 13.5. The van der Waals surface area contributed by atoms with Gasteiger partial charge >= 0.3 is 0 Å². The zero-order chi connectivity index (χ0) is 20.1. The SMILES string of the molecule is CN(C)CCCN(C(=O)COc1ccc(Cl)cc1Cl)c1nc2ccccc2s1.Cl. The first-order chi connectivity index (χ1) is 13.4. The van der Waals surface area contributed by atoms with Crippen molar-refractivity contribution in [3.63, 3.8) is 0 Å². The zero-order valence-electron chi connectivity index (χ0n) is 16.1. The number of fused-ring (bicyclic) bond motifs is 1. The van der Waals surface area contributed by atoms with Crippen LogP contribution in [0.1, 0.15) is 6.42 Å². The first-order valence-corrected chi connectivity index (χ1v) is 10.4. The third-order valence-corrected chi connectivity index (χ3v) is 5.64. The Kier molecular flexibility index (Phi) is 8.99. The molecule has 9 heteroatoms. The first-order valence-electron chi connectivity index (χ1n) is 8.82. The quantitative estimate of drug-likeness (QED) is 0.439. The number of carbonyl (C=O) groups is 1. The number of carbonyl (C=O) groups excluding carboxylic acids is 1. The number of para-hydroxylation sites is 1. The molecule has 0 atom stereocenters. The molecule has 5 nitrogen and oxygen atoms in total. The fourth-order valence-corrected chi connectivity index (χ4v) is 4.13. The van der Waals surface area contributed by atoms with Gasteiger partial charge in [0.1, 0.15) is 5.75 Å². The van der Waals surface area contributed by atoms with Crippen molar-refractivity contribution in [3.8, 4) is 5.75 Å². The standard InChI is InChI=1S/C20H21Cl2N3O2S.ClH/c1-24(2)10-5-11-25(20-23-16-6-3-4-7-18(16)28-20)19(26)13-27-17-9-8-14(21)12-15(17)22;/h3-4,6-9,12H,5,10-11,13H2,1-2H3;1H. The molecular formula is C20H22Cl3N3O2S. The highest BCUT2D eigenvalue weighted by molar-refractivity contribution is 7.22. The van der Waals surface area contributed by atoms with Crippen molar-refractivity contribution in [3.05, 3.63) is 52.5 Å². The molecule has 0 aliphatic rings. The molecule has 1 aromatic heterocycles. The Balaban J connectivity index is 0.00000300. The van der Waals surface area contributed by atoms with Crippen LogP contribution in [0.5, 0.6) is 5.75 Å². The molecule has 1 amide bonds. The van der Waals surface area contributed by atoms with Crippen LogP contribution in [0.2, 0.25) is 10.0 Å². The van der Waals surface area contributed by atoms with Crippen molar-refractivity contribution in [1.82, 2.24) is 9.88 Å². The van der Waals surface area contributed by atoms with Gasteiger partial charge in [-0.05, 0) is 57.4 Å². The summed E-state index contributed by atoms with van der Waals surface area (Å²) in [5.74, 6) is 0.265. The van der Waals surface area contributed by atoms with Crippen LogP contribution in [0.3, 0.4) is 0 Å². The minimum absolute atomic E-state index is 0. The highest BCUT2D eigenvalue weighted by Crippen LogP contribution is 2.30.